The van der Waals surface area contributed by atoms with Gasteiger partial charge in [0.05, 0.1) is 6.10 Å². The number of nitrogens with zero attached hydrogens (tertiary/aromatic N) is 1. The van der Waals surface area contributed by atoms with Gasteiger partial charge in [0.1, 0.15) is 0 Å². The lowest BCUT2D eigenvalue weighted by molar-refractivity contribution is 0.0351. The van der Waals surface area contributed by atoms with Gasteiger partial charge in [0.15, 0.2) is 0 Å². The van der Waals surface area contributed by atoms with Crippen LogP contribution in [-0.2, 0) is 11.3 Å². The van der Waals surface area contributed by atoms with Crippen molar-refractivity contribution in [1.82, 2.24) is 4.90 Å². The fourth-order valence-corrected chi connectivity index (χ4v) is 4.00. The Kier molecular flexibility index (Phi) is 3.01. The first kappa shape index (κ1) is 10.8. The van der Waals surface area contributed by atoms with E-state index in [2.05, 4.69) is 29.3 Å². The van der Waals surface area contributed by atoms with E-state index in [1.54, 1.807) is 0 Å². The number of rotatable bonds is 4. The number of piperidine rings is 1. The van der Waals surface area contributed by atoms with Crippen LogP contribution in [0.15, 0.2) is 17.5 Å². The zero-order chi connectivity index (χ0) is 11.0. The second kappa shape index (κ2) is 4.47. The predicted molar refractivity (Wildman–Crippen MR) is 66.7 cm³/mol. The summed E-state index contributed by atoms with van der Waals surface area (Å²) < 4.78 is 5.90. The van der Waals surface area contributed by atoms with E-state index in [0.29, 0.717) is 12.1 Å². The van der Waals surface area contributed by atoms with E-state index in [0.717, 1.165) is 19.1 Å². The zero-order valence-electron chi connectivity index (χ0n) is 9.76. The van der Waals surface area contributed by atoms with Crippen LogP contribution in [0.4, 0.5) is 0 Å². The molecule has 1 saturated carbocycles. The van der Waals surface area contributed by atoms with Crippen molar-refractivity contribution >= 4 is 11.3 Å². The summed E-state index contributed by atoms with van der Waals surface area (Å²) in [4.78, 5) is 4.11. The van der Waals surface area contributed by atoms with Crippen molar-refractivity contribution in [2.75, 3.05) is 13.2 Å². The van der Waals surface area contributed by atoms with Crippen LogP contribution in [0.3, 0.4) is 0 Å². The maximum absolute atomic E-state index is 5.90. The summed E-state index contributed by atoms with van der Waals surface area (Å²) in [6.07, 6.45) is 3.22. The molecule has 0 spiro atoms. The predicted octanol–water partition coefficient (Wildman–Crippen LogP) is 2.75. The van der Waals surface area contributed by atoms with Crippen molar-refractivity contribution in [3.05, 3.63) is 22.4 Å². The largest absolute Gasteiger partial charge is 0.377 e. The SMILES string of the molecule is CCOC1C2CCC1N(Cc1cccs1)C2. The minimum absolute atomic E-state index is 0.518. The molecule has 0 radical (unpaired) electrons. The first-order valence-electron chi connectivity index (χ1n) is 6.26. The maximum Gasteiger partial charge on any atom is 0.0770 e. The van der Waals surface area contributed by atoms with Crippen molar-refractivity contribution < 1.29 is 4.74 Å². The monoisotopic (exact) mass is 237 g/mol. The Morgan fingerprint density at radius 3 is 3.19 bits per heavy atom. The summed E-state index contributed by atoms with van der Waals surface area (Å²) in [6, 6.07) is 5.08. The average Bonchev–Trinajstić information content (AvgIpc) is 2.97. The van der Waals surface area contributed by atoms with Crippen LogP contribution in [0.2, 0.25) is 0 Å². The molecule has 16 heavy (non-hydrogen) atoms. The molecule has 1 aliphatic carbocycles. The van der Waals surface area contributed by atoms with Crippen LogP contribution >= 0.6 is 11.3 Å². The van der Waals surface area contributed by atoms with E-state index in [1.165, 1.54) is 24.3 Å². The summed E-state index contributed by atoms with van der Waals surface area (Å²) in [7, 11) is 0. The van der Waals surface area contributed by atoms with E-state index in [1.807, 2.05) is 11.3 Å². The Bertz CT molecular complexity index is 338. The van der Waals surface area contributed by atoms with Crippen molar-refractivity contribution in [3.63, 3.8) is 0 Å². The molecule has 3 heteroatoms. The van der Waals surface area contributed by atoms with Gasteiger partial charge in [-0.3, -0.25) is 4.90 Å². The zero-order valence-corrected chi connectivity index (χ0v) is 10.6. The molecule has 1 aromatic rings. The smallest absolute Gasteiger partial charge is 0.0770 e. The molecule has 3 unspecified atom stereocenters. The van der Waals surface area contributed by atoms with Crippen molar-refractivity contribution in [2.24, 2.45) is 5.92 Å². The third-order valence-electron chi connectivity index (χ3n) is 3.91. The summed E-state index contributed by atoms with van der Waals surface area (Å²) in [5.41, 5.74) is 0. The lowest BCUT2D eigenvalue weighted by Crippen LogP contribution is -2.34. The molecule has 1 aliphatic heterocycles. The first-order chi connectivity index (χ1) is 7.88. The van der Waals surface area contributed by atoms with Gasteiger partial charge < -0.3 is 4.74 Å². The normalized spacial score (nSPS) is 33.7. The Labute approximate surface area is 101 Å². The lowest BCUT2D eigenvalue weighted by atomic mass is 10.1. The number of hydrogen-bond donors (Lipinski definition) is 0. The minimum atomic E-state index is 0.518. The molecule has 2 fully saturated rings. The van der Waals surface area contributed by atoms with Gasteiger partial charge in [-0.25, -0.2) is 0 Å². The topological polar surface area (TPSA) is 12.5 Å². The molecular weight excluding hydrogens is 218 g/mol. The number of thiophene rings is 1. The molecule has 2 heterocycles. The number of fused-ring (bicyclic) bond motifs is 2. The standard InChI is InChI=1S/C13H19NOS/c1-2-15-13-10-5-6-12(13)14(8-10)9-11-4-3-7-16-11/h3-4,7,10,12-13H,2,5-6,8-9H2,1H3. The fourth-order valence-electron chi connectivity index (χ4n) is 3.27. The summed E-state index contributed by atoms with van der Waals surface area (Å²) in [5.74, 6) is 0.796. The van der Waals surface area contributed by atoms with Crippen LogP contribution in [0.5, 0.6) is 0 Å². The van der Waals surface area contributed by atoms with Gasteiger partial charge in [-0.1, -0.05) is 6.07 Å². The van der Waals surface area contributed by atoms with Gasteiger partial charge in [0, 0.05) is 30.6 Å². The van der Waals surface area contributed by atoms with Crippen molar-refractivity contribution in [3.8, 4) is 0 Å². The van der Waals surface area contributed by atoms with E-state index < -0.39 is 0 Å². The quantitative estimate of drug-likeness (QED) is 0.798. The molecular formula is C13H19NOS. The molecule has 2 bridgehead atoms. The fraction of sp³-hybridized carbons (Fsp3) is 0.692. The number of likely N-dealkylation sites (tertiary alicyclic amines) is 1. The molecule has 0 amide bonds. The van der Waals surface area contributed by atoms with Crippen LogP contribution in [0.25, 0.3) is 0 Å². The highest BCUT2D eigenvalue weighted by atomic mass is 32.1. The first-order valence-corrected chi connectivity index (χ1v) is 7.14. The van der Waals surface area contributed by atoms with E-state index in [4.69, 9.17) is 4.74 Å². The number of ether oxygens (including phenoxy) is 1. The summed E-state index contributed by atoms with van der Waals surface area (Å²) in [5, 5.41) is 2.17. The number of hydrogen-bond acceptors (Lipinski definition) is 3. The molecule has 3 rings (SSSR count). The highest BCUT2D eigenvalue weighted by Gasteiger charge is 2.47. The molecule has 1 aromatic heterocycles. The van der Waals surface area contributed by atoms with Crippen LogP contribution in [-0.4, -0.2) is 30.2 Å². The Balaban J connectivity index is 1.66. The van der Waals surface area contributed by atoms with Gasteiger partial charge >= 0.3 is 0 Å². The maximum atomic E-state index is 5.90. The molecule has 0 N–H and O–H groups in total. The van der Waals surface area contributed by atoms with Crippen molar-refractivity contribution in [1.29, 1.82) is 0 Å². The van der Waals surface area contributed by atoms with Gasteiger partial charge in [-0.2, -0.15) is 0 Å². The third kappa shape index (κ3) is 1.81. The van der Waals surface area contributed by atoms with E-state index >= 15 is 0 Å². The van der Waals surface area contributed by atoms with Gasteiger partial charge in [0.25, 0.3) is 0 Å². The summed E-state index contributed by atoms with van der Waals surface area (Å²) >= 11 is 1.87. The highest BCUT2D eigenvalue weighted by Crippen LogP contribution is 2.40. The lowest BCUT2D eigenvalue weighted by Gasteiger charge is -2.26. The van der Waals surface area contributed by atoms with Gasteiger partial charge in [-0.15, -0.1) is 11.3 Å². The molecule has 2 aliphatic rings. The van der Waals surface area contributed by atoms with E-state index in [-0.39, 0.29) is 0 Å². The Hall–Kier alpha value is -0.380. The molecule has 88 valence electrons. The van der Waals surface area contributed by atoms with Crippen LogP contribution in [0, 0.1) is 5.92 Å². The molecule has 1 saturated heterocycles. The second-order valence-corrected chi connectivity index (χ2v) is 5.87. The van der Waals surface area contributed by atoms with Crippen molar-refractivity contribution in [2.45, 2.75) is 38.5 Å². The van der Waals surface area contributed by atoms with Crippen LogP contribution in [0.1, 0.15) is 24.6 Å². The molecule has 2 nitrogen and oxygen atoms in total. The van der Waals surface area contributed by atoms with Crippen LogP contribution < -0.4 is 0 Å². The summed E-state index contributed by atoms with van der Waals surface area (Å²) in [6.45, 7) is 5.35. The Morgan fingerprint density at radius 2 is 2.44 bits per heavy atom. The third-order valence-corrected chi connectivity index (χ3v) is 4.77. The minimum Gasteiger partial charge on any atom is -0.377 e. The molecule has 3 atom stereocenters. The van der Waals surface area contributed by atoms with Gasteiger partial charge in [0.2, 0.25) is 0 Å². The second-order valence-electron chi connectivity index (χ2n) is 4.83. The Morgan fingerprint density at radius 1 is 1.50 bits per heavy atom. The molecule has 0 aromatic carbocycles. The average molecular weight is 237 g/mol. The highest BCUT2D eigenvalue weighted by molar-refractivity contribution is 7.09. The van der Waals surface area contributed by atoms with Gasteiger partial charge in [-0.05, 0) is 37.1 Å². The van der Waals surface area contributed by atoms with E-state index in [9.17, 15) is 0 Å².